The van der Waals surface area contributed by atoms with Crippen molar-refractivity contribution in [3.05, 3.63) is 49.9 Å². The minimum Gasteiger partial charge on any atom is -0.436 e. The molecule has 0 radical (unpaired) electrons. The lowest BCUT2D eigenvalue weighted by Crippen LogP contribution is -2.00. The molecular weight excluding hydrogens is 294 g/mol. The standard InChI is InChI=1S/C14H14ClN3O3/c1-7-5-8(2)12(6-11(7)18(19)20)21-14-13(15)16-9(3)10(4)17-14/h5-6H,1-4H3. The average molecular weight is 308 g/mol. The number of nitro groups is 1. The Morgan fingerprint density at radius 2 is 1.71 bits per heavy atom. The molecule has 6 nitrogen and oxygen atoms in total. The van der Waals surface area contributed by atoms with Gasteiger partial charge in [0, 0.05) is 5.56 Å². The molecule has 0 unspecified atom stereocenters. The molecule has 0 fully saturated rings. The first-order valence-corrected chi connectivity index (χ1v) is 6.61. The van der Waals surface area contributed by atoms with Gasteiger partial charge in [-0.15, -0.1) is 0 Å². The number of halogens is 1. The second-order valence-corrected chi connectivity index (χ2v) is 5.11. The van der Waals surface area contributed by atoms with E-state index in [4.69, 9.17) is 16.3 Å². The molecule has 7 heteroatoms. The van der Waals surface area contributed by atoms with Crippen LogP contribution >= 0.6 is 11.6 Å². The lowest BCUT2D eigenvalue weighted by atomic mass is 10.1. The van der Waals surface area contributed by atoms with Gasteiger partial charge in [-0.05, 0) is 39.3 Å². The summed E-state index contributed by atoms with van der Waals surface area (Å²) in [4.78, 5) is 18.9. The first-order chi connectivity index (χ1) is 9.79. The zero-order chi connectivity index (χ0) is 15.7. The van der Waals surface area contributed by atoms with Crippen molar-refractivity contribution in [2.24, 2.45) is 0 Å². The highest BCUT2D eigenvalue weighted by Crippen LogP contribution is 2.33. The fourth-order valence-corrected chi connectivity index (χ4v) is 2.06. The van der Waals surface area contributed by atoms with Gasteiger partial charge in [0.15, 0.2) is 5.15 Å². The molecule has 0 aliphatic heterocycles. The van der Waals surface area contributed by atoms with Crippen LogP contribution in [0.5, 0.6) is 11.6 Å². The van der Waals surface area contributed by atoms with Gasteiger partial charge in [0.05, 0.1) is 22.4 Å². The summed E-state index contributed by atoms with van der Waals surface area (Å²) in [6, 6.07) is 3.06. The SMILES string of the molecule is Cc1cc(C)c([N+](=O)[O-])cc1Oc1nc(C)c(C)nc1Cl. The summed E-state index contributed by atoms with van der Waals surface area (Å²) >= 11 is 6.00. The van der Waals surface area contributed by atoms with Crippen LogP contribution in [-0.2, 0) is 0 Å². The second-order valence-electron chi connectivity index (χ2n) is 4.75. The fourth-order valence-electron chi connectivity index (χ4n) is 1.85. The quantitative estimate of drug-likeness (QED) is 0.631. The molecule has 0 bridgehead atoms. The summed E-state index contributed by atoms with van der Waals surface area (Å²) in [6.45, 7) is 7.06. The highest BCUT2D eigenvalue weighted by atomic mass is 35.5. The van der Waals surface area contributed by atoms with E-state index < -0.39 is 4.92 Å². The van der Waals surface area contributed by atoms with Gasteiger partial charge in [0.2, 0.25) is 0 Å². The first-order valence-electron chi connectivity index (χ1n) is 6.24. The lowest BCUT2D eigenvalue weighted by Gasteiger charge is -2.11. The number of ether oxygens (including phenoxy) is 1. The molecule has 0 spiro atoms. The molecular formula is C14H14ClN3O3. The number of nitro benzene ring substituents is 1. The van der Waals surface area contributed by atoms with Crippen LogP contribution in [0.25, 0.3) is 0 Å². The van der Waals surface area contributed by atoms with Crippen molar-refractivity contribution in [1.29, 1.82) is 0 Å². The molecule has 0 aliphatic carbocycles. The van der Waals surface area contributed by atoms with Gasteiger partial charge in [-0.2, -0.15) is 0 Å². The Morgan fingerprint density at radius 3 is 2.33 bits per heavy atom. The van der Waals surface area contributed by atoms with Crippen molar-refractivity contribution in [2.75, 3.05) is 0 Å². The zero-order valence-electron chi connectivity index (χ0n) is 12.1. The van der Waals surface area contributed by atoms with E-state index in [0.29, 0.717) is 22.7 Å². The van der Waals surface area contributed by atoms with E-state index in [9.17, 15) is 10.1 Å². The van der Waals surface area contributed by atoms with Crippen molar-refractivity contribution in [1.82, 2.24) is 9.97 Å². The number of benzene rings is 1. The monoisotopic (exact) mass is 307 g/mol. The van der Waals surface area contributed by atoms with Crippen LogP contribution in [0.3, 0.4) is 0 Å². The largest absolute Gasteiger partial charge is 0.436 e. The van der Waals surface area contributed by atoms with E-state index >= 15 is 0 Å². The number of hydrogen-bond donors (Lipinski definition) is 0. The molecule has 1 aromatic carbocycles. The highest BCUT2D eigenvalue weighted by Gasteiger charge is 2.17. The minimum absolute atomic E-state index is 0.0106. The Labute approximate surface area is 126 Å². The third-order valence-corrected chi connectivity index (χ3v) is 3.38. The van der Waals surface area contributed by atoms with Gasteiger partial charge in [-0.1, -0.05) is 11.6 Å². The first kappa shape index (κ1) is 15.2. The summed E-state index contributed by atoms with van der Waals surface area (Å²) in [5.41, 5.74) is 2.72. The Hall–Kier alpha value is -2.21. The molecule has 0 saturated carbocycles. The van der Waals surface area contributed by atoms with Crippen LogP contribution in [0.1, 0.15) is 22.5 Å². The van der Waals surface area contributed by atoms with Crippen LogP contribution in [0.15, 0.2) is 12.1 Å². The molecule has 0 atom stereocenters. The smallest absolute Gasteiger partial charge is 0.276 e. The maximum absolute atomic E-state index is 11.0. The zero-order valence-corrected chi connectivity index (χ0v) is 12.9. The van der Waals surface area contributed by atoms with Crippen molar-refractivity contribution < 1.29 is 9.66 Å². The van der Waals surface area contributed by atoms with E-state index in [-0.39, 0.29) is 16.7 Å². The van der Waals surface area contributed by atoms with Crippen LogP contribution in [0.4, 0.5) is 5.69 Å². The number of aryl methyl sites for hydroxylation is 4. The molecule has 0 N–H and O–H groups in total. The number of rotatable bonds is 3. The minimum atomic E-state index is -0.449. The topological polar surface area (TPSA) is 78.2 Å². The van der Waals surface area contributed by atoms with Crippen LogP contribution < -0.4 is 4.74 Å². The van der Waals surface area contributed by atoms with Gasteiger partial charge in [0.25, 0.3) is 11.6 Å². The number of hydrogen-bond acceptors (Lipinski definition) is 5. The summed E-state index contributed by atoms with van der Waals surface area (Å²) < 4.78 is 5.61. The predicted molar refractivity (Wildman–Crippen MR) is 79.2 cm³/mol. The van der Waals surface area contributed by atoms with Gasteiger partial charge >= 0.3 is 0 Å². The molecule has 0 saturated heterocycles. The maximum Gasteiger partial charge on any atom is 0.276 e. The second kappa shape index (κ2) is 5.65. The molecule has 110 valence electrons. The predicted octanol–water partition coefficient (Wildman–Crippen LogP) is 4.06. The van der Waals surface area contributed by atoms with Gasteiger partial charge in [0.1, 0.15) is 5.75 Å². The van der Waals surface area contributed by atoms with E-state index in [0.717, 1.165) is 5.56 Å². The van der Waals surface area contributed by atoms with Crippen LogP contribution in [-0.4, -0.2) is 14.9 Å². The summed E-state index contributed by atoms with van der Waals surface area (Å²) in [5, 5.41) is 11.1. The van der Waals surface area contributed by atoms with Gasteiger partial charge in [-0.25, -0.2) is 9.97 Å². The molecule has 1 heterocycles. The Morgan fingerprint density at radius 1 is 1.10 bits per heavy atom. The third-order valence-electron chi connectivity index (χ3n) is 3.13. The van der Waals surface area contributed by atoms with Crippen LogP contribution in [0, 0.1) is 37.8 Å². The molecule has 1 aromatic heterocycles. The molecule has 2 aromatic rings. The third kappa shape index (κ3) is 3.11. The van der Waals surface area contributed by atoms with Gasteiger partial charge < -0.3 is 4.74 Å². The molecule has 2 rings (SSSR count). The highest BCUT2D eigenvalue weighted by molar-refractivity contribution is 6.30. The van der Waals surface area contributed by atoms with E-state index in [1.165, 1.54) is 6.07 Å². The van der Waals surface area contributed by atoms with E-state index in [2.05, 4.69) is 9.97 Å². The Bertz CT molecular complexity index is 732. The van der Waals surface area contributed by atoms with Crippen molar-refractivity contribution in [2.45, 2.75) is 27.7 Å². The van der Waals surface area contributed by atoms with Gasteiger partial charge in [-0.3, -0.25) is 10.1 Å². The normalized spacial score (nSPS) is 10.5. The summed E-state index contributed by atoms with van der Waals surface area (Å²) in [7, 11) is 0. The Balaban J connectivity index is 2.47. The van der Waals surface area contributed by atoms with E-state index in [1.807, 2.05) is 0 Å². The van der Waals surface area contributed by atoms with Crippen molar-refractivity contribution in [3.8, 4) is 11.6 Å². The summed E-state index contributed by atoms with van der Waals surface area (Å²) in [5.74, 6) is 0.479. The number of aromatic nitrogens is 2. The van der Waals surface area contributed by atoms with Crippen molar-refractivity contribution >= 4 is 17.3 Å². The maximum atomic E-state index is 11.0. The van der Waals surface area contributed by atoms with Crippen molar-refractivity contribution in [3.63, 3.8) is 0 Å². The Kier molecular flexibility index (Phi) is 4.09. The summed E-state index contributed by atoms with van der Waals surface area (Å²) in [6.07, 6.45) is 0. The molecule has 0 aliphatic rings. The van der Waals surface area contributed by atoms with Crippen LogP contribution in [0.2, 0.25) is 5.15 Å². The molecule has 0 amide bonds. The lowest BCUT2D eigenvalue weighted by molar-refractivity contribution is -0.385. The molecule has 21 heavy (non-hydrogen) atoms. The average Bonchev–Trinajstić information content (AvgIpc) is 2.38. The van der Waals surface area contributed by atoms with E-state index in [1.54, 1.807) is 33.8 Å². The number of nitrogens with zero attached hydrogens (tertiary/aromatic N) is 3. The fraction of sp³-hybridized carbons (Fsp3) is 0.286.